The molecule has 0 aliphatic rings. The van der Waals surface area contributed by atoms with Crippen molar-refractivity contribution in [2.75, 3.05) is 5.73 Å². The van der Waals surface area contributed by atoms with Crippen LogP contribution in [0.25, 0.3) is 0 Å². The van der Waals surface area contributed by atoms with Gasteiger partial charge in [0, 0.05) is 11.8 Å². The van der Waals surface area contributed by atoms with Crippen LogP contribution in [0.5, 0.6) is 0 Å². The number of aromatic nitrogens is 1. The van der Waals surface area contributed by atoms with Gasteiger partial charge in [-0.25, -0.2) is 18.6 Å². The number of alkyl halides is 5. The molecule has 94 valence electrons. The van der Waals surface area contributed by atoms with Gasteiger partial charge in [0.25, 0.3) is 6.43 Å². The number of anilines is 1. The minimum Gasteiger partial charge on any atom is -0.478 e. The molecule has 0 saturated heterocycles. The molecule has 0 radical (unpaired) electrons. The Morgan fingerprint density at radius 3 is 2.29 bits per heavy atom. The second-order valence-electron chi connectivity index (χ2n) is 2.95. The molecule has 0 bridgehead atoms. The number of nitrogens with two attached hydrogens (primary N) is 1. The van der Waals surface area contributed by atoms with E-state index in [1.807, 2.05) is 0 Å². The lowest BCUT2D eigenvalue weighted by atomic mass is 10.0. The molecule has 1 aromatic heterocycles. The van der Waals surface area contributed by atoms with E-state index < -0.39 is 41.1 Å². The second kappa shape index (κ2) is 4.15. The van der Waals surface area contributed by atoms with E-state index in [-0.39, 0.29) is 6.20 Å². The number of carbonyl (C=O) groups is 1. The Labute approximate surface area is 90.9 Å². The van der Waals surface area contributed by atoms with Gasteiger partial charge in [-0.1, -0.05) is 0 Å². The van der Waals surface area contributed by atoms with E-state index >= 15 is 0 Å². The summed E-state index contributed by atoms with van der Waals surface area (Å²) in [6, 6.07) is 0. The number of carboxylic acid groups (broad SMARTS) is 1. The fourth-order valence-electron chi connectivity index (χ4n) is 1.22. The third kappa shape index (κ3) is 2.43. The van der Waals surface area contributed by atoms with Gasteiger partial charge in [-0.2, -0.15) is 13.2 Å². The Hall–Kier alpha value is -1.93. The van der Waals surface area contributed by atoms with Gasteiger partial charge >= 0.3 is 12.1 Å². The molecule has 0 saturated carbocycles. The maximum absolute atomic E-state index is 12.5. The molecule has 1 heterocycles. The highest BCUT2D eigenvalue weighted by Gasteiger charge is 2.39. The minimum atomic E-state index is -5.13. The highest BCUT2D eigenvalue weighted by atomic mass is 19.4. The van der Waals surface area contributed by atoms with Crippen LogP contribution < -0.4 is 5.73 Å². The first-order chi connectivity index (χ1) is 7.66. The Balaban J connectivity index is 3.65. The van der Waals surface area contributed by atoms with Crippen molar-refractivity contribution >= 4 is 11.8 Å². The van der Waals surface area contributed by atoms with E-state index in [0.717, 1.165) is 0 Å². The smallest absolute Gasteiger partial charge is 0.418 e. The largest absolute Gasteiger partial charge is 0.478 e. The van der Waals surface area contributed by atoms with Crippen molar-refractivity contribution in [1.82, 2.24) is 4.98 Å². The predicted molar refractivity (Wildman–Crippen MR) is 45.6 cm³/mol. The van der Waals surface area contributed by atoms with E-state index in [9.17, 15) is 26.7 Å². The number of rotatable bonds is 2. The minimum absolute atomic E-state index is 0.0866. The fourth-order valence-corrected chi connectivity index (χ4v) is 1.22. The number of nitrogens with zero attached hydrogens (tertiary/aromatic N) is 1. The molecule has 17 heavy (non-hydrogen) atoms. The van der Waals surface area contributed by atoms with Crippen molar-refractivity contribution in [2.45, 2.75) is 12.6 Å². The van der Waals surface area contributed by atoms with Crippen LogP contribution in [-0.4, -0.2) is 16.1 Å². The molecule has 0 aliphatic carbocycles. The van der Waals surface area contributed by atoms with E-state index in [1.165, 1.54) is 0 Å². The number of nitrogen functional groups attached to an aromatic ring is 1. The van der Waals surface area contributed by atoms with Crippen molar-refractivity contribution in [1.29, 1.82) is 0 Å². The van der Waals surface area contributed by atoms with Crippen molar-refractivity contribution in [3.8, 4) is 0 Å². The lowest BCUT2D eigenvalue weighted by Gasteiger charge is -2.15. The average molecular weight is 256 g/mol. The molecule has 0 amide bonds. The lowest BCUT2D eigenvalue weighted by molar-refractivity contribution is -0.139. The summed E-state index contributed by atoms with van der Waals surface area (Å²) < 4.78 is 62.2. The molecular formula is C8H5F5N2O2. The lowest BCUT2D eigenvalue weighted by Crippen LogP contribution is -2.17. The van der Waals surface area contributed by atoms with Gasteiger partial charge in [0.05, 0.1) is 5.56 Å². The average Bonchev–Trinajstić information content (AvgIpc) is 2.14. The van der Waals surface area contributed by atoms with Gasteiger partial charge in [-0.05, 0) is 0 Å². The van der Waals surface area contributed by atoms with Gasteiger partial charge in [0.15, 0.2) is 0 Å². The predicted octanol–water partition coefficient (Wildman–Crippen LogP) is 2.32. The highest BCUT2D eigenvalue weighted by molar-refractivity contribution is 5.94. The van der Waals surface area contributed by atoms with Crippen LogP contribution in [0.1, 0.15) is 27.9 Å². The maximum Gasteiger partial charge on any atom is 0.418 e. The highest BCUT2D eigenvalue weighted by Crippen LogP contribution is 2.38. The van der Waals surface area contributed by atoms with Crippen molar-refractivity contribution < 1.29 is 31.9 Å². The molecule has 0 atom stereocenters. The summed E-state index contributed by atoms with van der Waals surface area (Å²) in [6.07, 6.45) is -8.66. The monoisotopic (exact) mass is 256 g/mol. The molecule has 0 aromatic carbocycles. The van der Waals surface area contributed by atoms with Crippen molar-refractivity contribution in [2.24, 2.45) is 0 Å². The number of hydrogen-bond acceptors (Lipinski definition) is 3. The van der Waals surface area contributed by atoms with Crippen LogP contribution in [0, 0.1) is 0 Å². The summed E-state index contributed by atoms with van der Waals surface area (Å²) in [5.74, 6) is -2.88. The summed E-state index contributed by atoms with van der Waals surface area (Å²) in [6.45, 7) is 0. The first kappa shape index (κ1) is 13.1. The van der Waals surface area contributed by atoms with Crippen LogP contribution in [0.15, 0.2) is 6.20 Å². The van der Waals surface area contributed by atoms with Gasteiger partial charge in [-0.15, -0.1) is 0 Å². The quantitative estimate of drug-likeness (QED) is 0.796. The zero-order chi connectivity index (χ0) is 13.4. The zero-order valence-electron chi connectivity index (χ0n) is 7.92. The molecular weight excluding hydrogens is 251 g/mol. The number of carboxylic acids is 1. The van der Waals surface area contributed by atoms with E-state index in [4.69, 9.17) is 10.8 Å². The van der Waals surface area contributed by atoms with Crippen LogP contribution in [0.2, 0.25) is 0 Å². The molecule has 9 heteroatoms. The van der Waals surface area contributed by atoms with Crippen molar-refractivity contribution in [3.05, 3.63) is 22.9 Å². The standard InChI is InChI=1S/C8H5F5N2O2/c9-5(10)3-2(8(11,12)13)1-15-6(14)4(3)7(16)17/h1,5H,(H2,14,15)(H,16,17). The van der Waals surface area contributed by atoms with Crippen LogP contribution in [0.3, 0.4) is 0 Å². The number of hydrogen-bond donors (Lipinski definition) is 2. The molecule has 3 N–H and O–H groups in total. The molecule has 1 rings (SSSR count). The van der Waals surface area contributed by atoms with Gasteiger partial charge < -0.3 is 10.8 Å². The number of halogens is 5. The third-order valence-corrected chi connectivity index (χ3v) is 1.89. The Kier molecular flexibility index (Phi) is 3.21. The molecule has 0 spiro atoms. The second-order valence-corrected chi connectivity index (χ2v) is 2.95. The van der Waals surface area contributed by atoms with Crippen LogP contribution >= 0.6 is 0 Å². The van der Waals surface area contributed by atoms with E-state index in [2.05, 4.69) is 4.98 Å². The van der Waals surface area contributed by atoms with Crippen LogP contribution in [0.4, 0.5) is 27.8 Å². The number of aromatic carboxylic acids is 1. The maximum atomic E-state index is 12.5. The summed E-state index contributed by atoms with van der Waals surface area (Å²) in [4.78, 5) is 13.6. The first-order valence-corrected chi connectivity index (χ1v) is 4.03. The molecule has 4 nitrogen and oxygen atoms in total. The molecule has 0 aliphatic heterocycles. The van der Waals surface area contributed by atoms with Gasteiger partial charge in [-0.3, -0.25) is 0 Å². The summed E-state index contributed by atoms with van der Waals surface area (Å²) in [5.41, 5.74) is 0.180. The Bertz CT molecular complexity index is 458. The summed E-state index contributed by atoms with van der Waals surface area (Å²) in [7, 11) is 0. The molecule has 1 aromatic rings. The fraction of sp³-hybridized carbons (Fsp3) is 0.250. The topological polar surface area (TPSA) is 76.2 Å². The third-order valence-electron chi connectivity index (χ3n) is 1.89. The van der Waals surface area contributed by atoms with Crippen molar-refractivity contribution in [3.63, 3.8) is 0 Å². The Morgan fingerprint density at radius 2 is 1.94 bits per heavy atom. The molecule has 0 fully saturated rings. The first-order valence-electron chi connectivity index (χ1n) is 4.03. The van der Waals surface area contributed by atoms with E-state index in [0.29, 0.717) is 0 Å². The zero-order valence-corrected chi connectivity index (χ0v) is 7.92. The van der Waals surface area contributed by atoms with E-state index in [1.54, 1.807) is 0 Å². The SMILES string of the molecule is Nc1ncc(C(F)(F)F)c(C(F)F)c1C(=O)O. The summed E-state index contributed by atoms with van der Waals surface area (Å²) in [5, 5.41) is 8.56. The van der Waals surface area contributed by atoms with Crippen LogP contribution in [-0.2, 0) is 6.18 Å². The van der Waals surface area contributed by atoms with Gasteiger partial charge in [0.2, 0.25) is 0 Å². The summed E-state index contributed by atoms with van der Waals surface area (Å²) >= 11 is 0. The van der Waals surface area contributed by atoms with Gasteiger partial charge in [0.1, 0.15) is 11.4 Å². The molecule has 0 unspecified atom stereocenters. The Morgan fingerprint density at radius 1 is 1.41 bits per heavy atom. The normalized spacial score (nSPS) is 11.9. The number of pyridine rings is 1.